The molecule has 0 unspecified atom stereocenters. The molecular formula is C50H47F2N7O7S2. The van der Waals surface area contributed by atoms with Crippen LogP contribution in [0.5, 0.6) is 0 Å². The Kier molecular flexibility index (Phi) is 14.5. The molecule has 0 radical (unpaired) electrons. The molecule has 3 aliphatic carbocycles. The lowest BCUT2D eigenvalue weighted by atomic mass is 9.91. The van der Waals surface area contributed by atoms with Crippen LogP contribution in [0.1, 0.15) is 131 Å². The molecule has 2 aromatic heterocycles. The van der Waals surface area contributed by atoms with Gasteiger partial charge in [-0.3, -0.25) is 34.6 Å². The fourth-order valence-corrected chi connectivity index (χ4v) is 8.84. The number of nitrogens with one attached hydrogen (secondary N) is 5. The summed E-state index contributed by atoms with van der Waals surface area (Å²) in [4.78, 5) is 84.1. The van der Waals surface area contributed by atoms with Crippen molar-refractivity contribution in [1.82, 2.24) is 25.9 Å². The molecule has 0 saturated heterocycles. The molecule has 0 spiro atoms. The average Bonchev–Trinajstić information content (AvgIpc) is 4.22. The highest BCUT2D eigenvalue weighted by atomic mass is 32.1. The predicted molar refractivity (Wildman–Crippen MR) is 256 cm³/mol. The summed E-state index contributed by atoms with van der Waals surface area (Å²) >= 11 is 2.48. The van der Waals surface area contributed by atoms with E-state index in [0.29, 0.717) is 43.6 Å². The molecule has 68 heavy (non-hydrogen) atoms. The number of hydrogen-bond acceptors (Lipinski definition) is 10. The molecule has 0 aliphatic heterocycles. The SMILES string of the molecule is Cc1c(F)cc(C(=O)NC2CC2)cc1-c1ccc(C(=O)NC2CCCCC2)cc1C(=O)Nc1nccs1.Cc1c(F)cc(C(=O)NC2CC2)cc1-c1ccc(C(=O)O)cc1C(=O)Nc1nccs1. The highest BCUT2D eigenvalue weighted by Crippen LogP contribution is 2.34. The molecule has 3 fully saturated rings. The second-order valence-electron chi connectivity index (χ2n) is 17.0. The molecule has 4 aromatic carbocycles. The number of carboxylic acid groups (broad SMARTS) is 1. The molecule has 3 aliphatic rings. The Hall–Kier alpha value is -7.18. The highest BCUT2D eigenvalue weighted by molar-refractivity contribution is 7.14. The lowest BCUT2D eigenvalue weighted by Crippen LogP contribution is -2.36. The molecule has 3 saturated carbocycles. The van der Waals surface area contributed by atoms with E-state index in [9.17, 15) is 42.7 Å². The van der Waals surface area contributed by atoms with Gasteiger partial charge in [0.05, 0.1) is 5.56 Å². The van der Waals surface area contributed by atoms with Crippen LogP contribution in [0.3, 0.4) is 0 Å². The lowest BCUT2D eigenvalue weighted by Gasteiger charge is -2.23. The maximum atomic E-state index is 15.0. The Balaban J connectivity index is 0.000000187. The predicted octanol–water partition coefficient (Wildman–Crippen LogP) is 9.56. The molecule has 6 aromatic rings. The number of benzene rings is 4. The van der Waals surface area contributed by atoms with Crippen molar-refractivity contribution in [2.45, 2.75) is 89.8 Å². The molecule has 350 valence electrons. The van der Waals surface area contributed by atoms with Crippen LogP contribution < -0.4 is 26.6 Å². The maximum absolute atomic E-state index is 15.0. The minimum Gasteiger partial charge on any atom is -0.478 e. The largest absolute Gasteiger partial charge is 0.478 e. The Bertz CT molecular complexity index is 2910. The van der Waals surface area contributed by atoms with Gasteiger partial charge in [0, 0.05) is 69.1 Å². The number of carboxylic acids is 1. The summed E-state index contributed by atoms with van der Waals surface area (Å²) in [6.07, 6.45) is 11.9. The molecule has 18 heteroatoms. The van der Waals surface area contributed by atoms with E-state index in [1.165, 1.54) is 71.7 Å². The topological polar surface area (TPSA) is 209 Å². The van der Waals surface area contributed by atoms with Gasteiger partial charge in [-0.05, 0) is 134 Å². The van der Waals surface area contributed by atoms with Crippen molar-refractivity contribution >= 4 is 68.4 Å². The molecule has 5 amide bonds. The zero-order chi connectivity index (χ0) is 48.1. The van der Waals surface area contributed by atoms with Gasteiger partial charge in [-0.15, -0.1) is 22.7 Å². The van der Waals surface area contributed by atoms with Crippen molar-refractivity contribution in [2.75, 3.05) is 10.6 Å². The smallest absolute Gasteiger partial charge is 0.335 e. The third kappa shape index (κ3) is 11.5. The number of anilines is 2. The fraction of sp³-hybridized carbons (Fsp3) is 0.280. The first-order valence-electron chi connectivity index (χ1n) is 22.2. The number of aromatic nitrogens is 2. The van der Waals surface area contributed by atoms with Crippen LogP contribution in [-0.2, 0) is 0 Å². The minimum atomic E-state index is -1.20. The summed E-state index contributed by atoms with van der Waals surface area (Å²) in [7, 11) is 0. The van der Waals surface area contributed by atoms with Crippen molar-refractivity contribution in [1.29, 1.82) is 0 Å². The third-order valence-corrected chi connectivity index (χ3v) is 13.3. The second-order valence-corrected chi connectivity index (χ2v) is 18.8. The number of hydrogen-bond donors (Lipinski definition) is 6. The van der Waals surface area contributed by atoms with E-state index in [1.54, 1.807) is 49.0 Å². The molecule has 9 rings (SSSR count). The summed E-state index contributed by atoms with van der Waals surface area (Å²) in [5.74, 6) is -4.36. The molecule has 6 N–H and O–H groups in total. The van der Waals surface area contributed by atoms with Crippen LogP contribution in [0.2, 0.25) is 0 Å². The number of rotatable bonds is 13. The standard InChI is InChI=1S/C28H29FN4O3S.C22H18FN3O4S/c1-16-22(14-18(15-24(16)29)26(35)32-20-8-9-20)21-10-7-17(25(34)31-19-5-3-2-4-6-19)13-23(21)27(36)33-28-30-11-12-37-28;1-11-16(9-13(10-18(11)23)19(27)25-14-3-4-14)15-5-2-12(21(29)30)8-17(15)20(28)26-22-24-6-7-31-22/h7,10-15,19-20H,2-6,8-9H2,1H3,(H,31,34)(H,32,35)(H,30,33,36);2,5-10,14H,3-4H2,1H3,(H,25,27)(H,29,30)(H,24,26,28). The molecule has 2 heterocycles. The molecule has 0 bridgehead atoms. The quantitative estimate of drug-likeness (QED) is 0.0650. The van der Waals surface area contributed by atoms with Crippen LogP contribution in [-0.4, -0.2) is 68.7 Å². The fourth-order valence-electron chi connectivity index (χ4n) is 7.80. The summed E-state index contributed by atoms with van der Waals surface area (Å²) < 4.78 is 29.7. The van der Waals surface area contributed by atoms with Crippen LogP contribution in [0.15, 0.2) is 83.8 Å². The van der Waals surface area contributed by atoms with Gasteiger partial charge in [0.2, 0.25) is 0 Å². The summed E-state index contributed by atoms with van der Waals surface area (Å²) in [5.41, 5.74) is 2.89. The number of carbonyl (C=O) groups is 6. The first-order chi connectivity index (χ1) is 32.7. The first-order valence-corrected chi connectivity index (χ1v) is 23.9. The lowest BCUT2D eigenvalue weighted by molar-refractivity contribution is 0.0695. The summed E-state index contributed by atoms with van der Waals surface area (Å²) in [5, 5.41) is 27.7. The van der Waals surface area contributed by atoms with Crippen molar-refractivity contribution in [3.63, 3.8) is 0 Å². The van der Waals surface area contributed by atoms with E-state index in [1.807, 2.05) is 0 Å². The first kappa shape index (κ1) is 47.3. The molecule has 0 atom stereocenters. The average molecular weight is 960 g/mol. The van der Waals surface area contributed by atoms with E-state index in [2.05, 4.69) is 36.6 Å². The number of carbonyl (C=O) groups excluding carboxylic acids is 5. The number of thiazole rings is 2. The second kappa shape index (κ2) is 20.8. The van der Waals surface area contributed by atoms with E-state index in [0.717, 1.165) is 57.4 Å². The summed E-state index contributed by atoms with van der Waals surface area (Å²) in [6.45, 7) is 3.15. The van der Waals surface area contributed by atoms with Crippen molar-refractivity contribution in [3.05, 3.63) is 140 Å². The molecular weight excluding hydrogens is 913 g/mol. The zero-order valence-corrected chi connectivity index (χ0v) is 38.7. The van der Waals surface area contributed by atoms with Crippen LogP contribution >= 0.6 is 22.7 Å². The van der Waals surface area contributed by atoms with Gasteiger partial charge < -0.3 is 21.1 Å². The number of nitrogens with zero attached hydrogens (tertiary/aromatic N) is 2. The van der Waals surface area contributed by atoms with Crippen molar-refractivity contribution < 1.29 is 42.7 Å². The Morgan fingerprint density at radius 1 is 0.515 bits per heavy atom. The number of aromatic carboxylic acids is 1. The zero-order valence-electron chi connectivity index (χ0n) is 37.0. The van der Waals surface area contributed by atoms with Crippen LogP contribution in [0.25, 0.3) is 22.3 Å². The Morgan fingerprint density at radius 2 is 0.926 bits per heavy atom. The number of amides is 5. The van der Waals surface area contributed by atoms with Gasteiger partial charge >= 0.3 is 5.97 Å². The van der Waals surface area contributed by atoms with Gasteiger partial charge in [-0.1, -0.05) is 31.4 Å². The van der Waals surface area contributed by atoms with E-state index in [4.69, 9.17) is 0 Å². The van der Waals surface area contributed by atoms with Gasteiger partial charge in [-0.2, -0.15) is 0 Å². The number of halogens is 2. The highest BCUT2D eigenvalue weighted by Gasteiger charge is 2.28. The van der Waals surface area contributed by atoms with Crippen molar-refractivity contribution in [2.24, 2.45) is 0 Å². The van der Waals surface area contributed by atoms with E-state index < -0.39 is 35.3 Å². The maximum Gasteiger partial charge on any atom is 0.335 e. The summed E-state index contributed by atoms with van der Waals surface area (Å²) in [6, 6.07) is 14.7. The Morgan fingerprint density at radius 3 is 1.34 bits per heavy atom. The normalized spacial score (nSPS) is 14.5. The van der Waals surface area contributed by atoms with E-state index >= 15 is 0 Å². The van der Waals surface area contributed by atoms with Crippen LogP contribution in [0.4, 0.5) is 19.0 Å². The van der Waals surface area contributed by atoms with Crippen LogP contribution in [0, 0.1) is 25.5 Å². The van der Waals surface area contributed by atoms with Crippen molar-refractivity contribution in [3.8, 4) is 22.3 Å². The van der Waals surface area contributed by atoms with Gasteiger partial charge in [-0.25, -0.2) is 23.5 Å². The van der Waals surface area contributed by atoms with E-state index in [-0.39, 0.29) is 63.3 Å². The molecule has 14 nitrogen and oxygen atoms in total. The van der Waals surface area contributed by atoms with Gasteiger partial charge in [0.15, 0.2) is 10.3 Å². The monoisotopic (exact) mass is 959 g/mol. The minimum absolute atomic E-state index is 0.0392. The third-order valence-electron chi connectivity index (χ3n) is 11.9. The van der Waals surface area contributed by atoms with Gasteiger partial charge in [0.1, 0.15) is 11.6 Å². The Labute approximate surface area is 398 Å². The van der Waals surface area contributed by atoms with Gasteiger partial charge in [0.25, 0.3) is 29.5 Å².